The summed E-state index contributed by atoms with van der Waals surface area (Å²) in [6, 6.07) is 4.84. The molecule has 0 spiro atoms. The number of nitrogens with two attached hydrogens (primary N) is 1. The van der Waals surface area contributed by atoms with E-state index in [9.17, 15) is 9.59 Å². The van der Waals surface area contributed by atoms with Gasteiger partial charge in [0.15, 0.2) is 16.1 Å². The van der Waals surface area contributed by atoms with Gasteiger partial charge in [0.25, 0.3) is 5.56 Å². The summed E-state index contributed by atoms with van der Waals surface area (Å²) in [6.45, 7) is 1.34. The average Bonchev–Trinajstić information content (AvgIpc) is 2.60. The van der Waals surface area contributed by atoms with E-state index in [1.807, 2.05) is 4.90 Å². The maximum absolute atomic E-state index is 12.8. The van der Waals surface area contributed by atoms with E-state index >= 15 is 0 Å². The highest BCUT2D eigenvalue weighted by atomic mass is 35.5. The Kier molecular flexibility index (Phi) is 4.18. The van der Waals surface area contributed by atoms with Crippen LogP contribution in [0.5, 0.6) is 0 Å². The van der Waals surface area contributed by atoms with Crippen LogP contribution in [0.1, 0.15) is 16.8 Å². The second-order valence-electron chi connectivity index (χ2n) is 6.24. The predicted molar refractivity (Wildman–Crippen MR) is 102 cm³/mol. The smallest absolute Gasteiger partial charge is 0.256 e. The van der Waals surface area contributed by atoms with Gasteiger partial charge in [0.2, 0.25) is 0 Å². The van der Waals surface area contributed by atoms with E-state index in [4.69, 9.17) is 34.0 Å². The molecule has 0 amide bonds. The molecule has 0 fully saturated rings. The number of hydrogen-bond donors (Lipinski definition) is 3. The Morgan fingerprint density at radius 3 is 2.92 bits per heavy atom. The van der Waals surface area contributed by atoms with E-state index in [-0.39, 0.29) is 23.4 Å². The lowest BCUT2D eigenvalue weighted by molar-refractivity contribution is 0.240. The monoisotopic (exact) mass is 390 g/mol. The largest absolute Gasteiger partial charge is 0.440 e. The van der Waals surface area contributed by atoms with Crippen molar-refractivity contribution in [2.24, 2.45) is 0 Å². The Labute approximate surface area is 157 Å². The fourth-order valence-corrected chi connectivity index (χ4v) is 3.63. The number of H-pyrrole nitrogens is 2. The number of aromatic nitrogens is 2. The van der Waals surface area contributed by atoms with Crippen molar-refractivity contribution >= 4 is 40.7 Å². The lowest BCUT2D eigenvalue weighted by Crippen LogP contribution is -2.36. The van der Waals surface area contributed by atoms with Crippen LogP contribution in [-0.2, 0) is 19.5 Å². The molecule has 0 atom stereocenters. The first-order valence-corrected chi connectivity index (χ1v) is 8.78. The Bertz CT molecular complexity index is 1200. The van der Waals surface area contributed by atoms with E-state index in [0.717, 1.165) is 5.69 Å². The van der Waals surface area contributed by atoms with Crippen molar-refractivity contribution in [1.82, 2.24) is 14.9 Å². The number of aromatic amines is 2. The number of halogens is 1. The van der Waals surface area contributed by atoms with E-state index in [1.54, 1.807) is 18.2 Å². The molecule has 0 saturated carbocycles. The number of anilines is 1. The van der Waals surface area contributed by atoms with E-state index in [1.165, 1.54) is 0 Å². The zero-order valence-electron chi connectivity index (χ0n) is 13.6. The van der Waals surface area contributed by atoms with Crippen LogP contribution in [0.15, 0.2) is 32.2 Å². The summed E-state index contributed by atoms with van der Waals surface area (Å²) in [5.74, 6) is 0.0806. The molecule has 7 nitrogen and oxygen atoms in total. The minimum absolute atomic E-state index is 0.0806. The number of hydrogen-bond acceptors (Lipinski definition) is 6. The van der Waals surface area contributed by atoms with Gasteiger partial charge in [-0.2, -0.15) is 0 Å². The lowest BCUT2D eigenvalue weighted by Gasteiger charge is -2.27. The normalized spacial score (nSPS) is 14.5. The van der Waals surface area contributed by atoms with Gasteiger partial charge in [0.05, 0.1) is 16.5 Å². The van der Waals surface area contributed by atoms with Gasteiger partial charge in [-0.3, -0.25) is 19.5 Å². The molecule has 0 saturated heterocycles. The number of nitrogen functional groups attached to an aromatic ring is 1. The van der Waals surface area contributed by atoms with E-state index in [2.05, 4.69) is 9.97 Å². The third-order valence-corrected chi connectivity index (χ3v) is 4.99. The molecule has 1 aromatic carbocycles. The zero-order chi connectivity index (χ0) is 18.4. The Morgan fingerprint density at radius 1 is 1.31 bits per heavy atom. The topological polar surface area (TPSA) is 108 Å². The van der Waals surface area contributed by atoms with Crippen LogP contribution in [0.2, 0.25) is 5.02 Å². The molecule has 0 unspecified atom stereocenters. The molecular formula is C17H15ClN4O3S. The fourth-order valence-electron chi connectivity index (χ4n) is 3.24. The van der Waals surface area contributed by atoms with Gasteiger partial charge in [-0.25, -0.2) is 0 Å². The van der Waals surface area contributed by atoms with Crippen LogP contribution in [-0.4, -0.2) is 21.4 Å². The highest BCUT2D eigenvalue weighted by Gasteiger charge is 2.22. The molecule has 4 N–H and O–H groups in total. The molecular weight excluding hydrogens is 376 g/mol. The zero-order valence-corrected chi connectivity index (χ0v) is 15.2. The summed E-state index contributed by atoms with van der Waals surface area (Å²) in [5, 5.41) is 0.843. The number of nitrogens with one attached hydrogen (secondary N) is 2. The molecule has 4 rings (SSSR count). The highest BCUT2D eigenvalue weighted by molar-refractivity contribution is 7.71. The van der Waals surface area contributed by atoms with Crippen molar-refractivity contribution in [2.45, 2.75) is 19.5 Å². The van der Waals surface area contributed by atoms with Crippen LogP contribution in [0.3, 0.4) is 0 Å². The standard InChI is InChI=1S/C17H15ClN4O3S/c18-8-1-2-13-9(5-8)14(23)11(15(19)25-13)7-22-4-3-12-10(6-22)16(24)21-17(26)20-12/h1-2,5H,3-4,6-7,19H2,(H2,20,21,24,26). The molecule has 3 heterocycles. The van der Waals surface area contributed by atoms with Crippen molar-refractivity contribution in [3.63, 3.8) is 0 Å². The highest BCUT2D eigenvalue weighted by Crippen LogP contribution is 2.23. The fraction of sp³-hybridized carbons (Fsp3) is 0.235. The summed E-state index contributed by atoms with van der Waals surface area (Å²) in [5.41, 5.74) is 7.77. The SMILES string of the molecule is Nc1oc2ccc(Cl)cc2c(=O)c1CN1CCc2[nH]c(=S)[nH]c(=O)c2C1. The Hall–Kier alpha value is -2.42. The lowest BCUT2D eigenvalue weighted by atomic mass is 10.1. The quantitative estimate of drug-likeness (QED) is 0.579. The molecule has 3 aromatic rings. The summed E-state index contributed by atoms with van der Waals surface area (Å²) in [6.07, 6.45) is 0.632. The second-order valence-corrected chi connectivity index (χ2v) is 7.09. The molecule has 1 aliphatic rings. The summed E-state index contributed by atoms with van der Waals surface area (Å²) < 4.78 is 5.90. The molecule has 2 aromatic heterocycles. The van der Waals surface area contributed by atoms with Gasteiger partial charge in [-0.15, -0.1) is 0 Å². The van der Waals surface area contributed by atoms with Gasteiger partial charge in [0, 0.05) is 36.8 Å². The molecule has 134 valence electrons. The van der Waals surface area contributed by atoms with E-state index < -0.39 is 0 Å². The van der Waals surface area contributed by atoms with Gasteiger partial charge >= 0.3 is 0 Å². The predicted octanol–water partition coefficient (Wildman–Crippen LogP) is 2.33. The second kappa shape index (κ2) is 6.39. The minimum Gasteiger partial charge on any atom is -0.440 e. The van der Waals surface area contributed by atoms with Gasteiger partial charge in [-0.1, -0.05) is 11.6 Å². The molecule has 26 heavy (non-hydrogen) atoms. The van der Waals surface area contributed by atoms with Crippen molar-refractivity contribution < 1.29 is 4.42 Å². The number of nitrogens with zero attached hydrogens (tertiary/aromatic N) is 1. The maximum atomic E-state index is 12.8. The minimum atomic E-state index is -0.210. The first-order chi connectivity index (χ1) is 12.4. The summed E-state index contributed by atoms with van der Waals surface area (Å²) in [7, 11) is 0. The molecule has 0 aliphatic carbocycles. The third-order valence-electron chi connectivity index (χ3n) is 4.55. The number of benzene rings is 1. The molecule has 0 bridgehead atoms. The Morgan fingerprint density at radius 2 is 2.12 bits per heavy atom. The first-order valence-electron chi connectivity index (χ1n) is 8.00. The molecule has 9 heteroatoms. The maximum Gasteiger partial charge on any atom is 0.256 e. The number of fused-ring (bicyclic) bond motifs is 2. The van der Waals surface area contributed by atoms with Gasteiger partial charge in [-0.05, 0) is 30.4 Å². The molecule has 0 radical (unpaired) electrons. The first kappa shape index (κ1) is 17.0. The summed E-state index contributed by atoms with van der Waals surface area (Å²) in [4.78, 5) is 32.6. The van der Waals surface area contributed by atoms with Gasteiger partial charge in [0.1, 0.15) is 5.58 Å². The van der Waals surface area contributed by atoms with Crippen LogP contribution in [0.25, 0.3) is 11.0 Å². The van der Waals surface area contributed by atoms with Crippen molar-refractivity contribution in [2.75, 3.05) is 12.3 Å². The number of rotatable bonds is 2. The van der Waals surface area contributed by atoms with E-state index in [0.29, 0.717) is 51.4 Å². The van der Waals surface area contributed by atoms with Crippen molar-refractivity contribution in [3.8, 4) is 0 Å². The van der Waals surface area contributed by atoms with Gasteiger partial charge < -0.3 is 15.1 Å². The Balaban J connectivity index is 1.71. The average molecular weight is 391 g/mol. The van der Waals surface area contributed by atoms with Crippen LogP contribution in [0, 0.1) is 4.77 Å². The van der Waals surface area contributed by atoms with Crippen LogP contribution >= 0.6 is 23.8 Å². The van der Waals surface area contributed by atoms with Crippen LogP contribution in [0.4, 0.5) is 5.88 Å². The molecule has 1 aliphatic heterocycles. The van der Waals surface area contributed by atoms with Crippen molar-refractivity contribution in [3.05, 3.63) is 65.4 Å². The summed E-state index contributed by atoms with van der Waals surface area (Å²) >= 11 is 11.0. The van der Waals surface area contributed by atoms with Crippen molar-refractivity contribution in [1.29, 1.82) is 0 Å². The van der Waals surface area contributed by atoms with Crippen LogP contribution < -0.4 is 16.7 Å². The third kappa shape index (κ3) is 2.96.